The number of terminal acetylenes is 1. The Morgan fingerprint density at radius 2 is 2.25 bits per heavy atom. The minimum atomic E-state index is 0.473. The van der Waals surface area contributed by atoms with Gasteiger partial charge >= 0.3 is 0 Å². The largest absolute Gasteiger partial charge is 0.351 e. The highest BCUT2D eigenvalue weighted by Crippen LogP contribution is 2.16. The van der Waals surface area contributed by atoms with Crippen molar-refractivity contribution >= 4 is 17.3 Å². The van der Waals surface area contributed by atoms with Crippen LogP contribution in [-0.4, -0.2) is 24.5 Å². The highest BCUT2D eigenvalue weighted by Gasteiger charge is 2.05. The van der Waals surface area contributed by atoms with E-state index in [1.54, 1.807) is 18.4 Å². The van der Waals surface area contributed by atoms with E-state index in [4.69, 9.17) is 6.42 Å². The van der Waals surface area contributed by atoms with E-state index in [1.165, 1.54) is 4.88 Å². The summed E-state index contributed by atoms with van der Waals surface area (Å²) in [6.07, 6.45) is 5.16. The normalized spacial score (nSPS) is 11.0. The molecule has 0 saturated heterocycles. The monoisotopic (exact) mass is 236 g/mol. The van der Waals surface area contributed by atoms with Crippen LogP contribution < -0.4 is 10.6 Å². The number of aliphatic imine (C=N–C) groups is 1. The molecule has 0 aliphatic heterocycles. The third-order valence-electron chi connectivity index (χ3n) is 2.00. The van der Waals surface area contributed by atoms with Crippen molar-refractivity contribution in [2.75, 3.05) is 13.6 Å². The summed E-state index contributed by atoms with van der Waals surface area (Å²) in [4.78, 5) is 9.65. The van der Waals surface area contributed by atoms with Crippen LogP contribution in [0.25, 0.3) is 0 Å². The molecule has 1 rings (SSSR count). The van der Waals surface area contributed by atoms with E-state index in [9.17, 15) is 0 Å². The number of rotatable bonds is 3. The Bertz CT molecular complexity index is 414. The van der Waals surface area contributed by atoms with Crippen LogP contribution in [0.2, 0.25) is 0 Å². The van der Waals surface area contributed by atoms with Crippen molar-refractivity contribution in [3.05, 3.63) is 15.6 Å². The summed E-state index contributed by atoms with van der Waals surface area (Å²) in [5.74, 6) is 3.22. The van der Waals surface area contributed by atoms with Crippen LogP contribution in [0, 0.1) is 26.2 Å². The number of hydrogen-bond acceptors (Lipinski definition) is 3. The second-order valence-corrected chi connectivity index (χ2v) is 4.51. The molecule has 4 nitrogen and oxygen atoms in total. The van der Waals surface area contributed by atoms with E-state index in [0.717, 1.165) is 17.2 Å². The summed E-state index contributed by atoms with van der Waals surface area (Å²) in [5.41, 5.74) is 1.07. The van der Waals surface area contributed by atoms with Crippen molar-refractivity contribution in [1.82, 2.24) is 15.6 Å². The molecular formula is C11H16N4S. The Morgan fingerprint density at radius 3 is 2.75 bits per heavy atom. The van der Waals surface area contributed by atoms with Gasteiger partial charge in [-0.25, -0.2) is 4.98 Å². The molecule has 0 bridgehead atoms. The summed E-state index contributed by atoms with van der Waals surface area (Å²) in [7, 11) is 1.72. The summed E-state index contributed by atoms with van der Waals surface area (Å²) in [6, 6.07) is 0. The Morgan fingerprint density at radius 1 is 1.50 bits per heavy atom. The van der Waals surface area contributed by atoms with Gasteiger partial charge in [-0.15, -0.1) is 17.8 Å². The molecule has 0 saturated carbocycles. The molecule has 0 radical (unpaired) electrons. The minimum Gasteiger partial charge on any atom is -0.351 e. The highest BCUT2D eigenvalue weighted by molar-refractivity contribution is 7.11. The first-order valence-electron chi connectivity index (χ1n) is 4.98. The van der Waals surface area contributed by atoms with E-state index in [-0.39, 0.29) is 0 Å². The van der Waals surface area contributed by atoms with E-state index in [0.29, 0.717) is 12.5 Å². The molecule has 86 valence electrons. The maximum Gasteiger partial charge on any atom is 0.192 e. The number of guanidine groups is 1. The van der Waals surface area contributed by atoms with Crippen molar-refractivity contribution in [3.8, 4) is 12.3 Å². The van der Waals surface area contributed by atoms with E-state index < -0.39 is 0 Å². The van der Waals surface area contributed by atoms with E-state index >= 15 is 0 Å². The van der Waals surface area contributed by atoms with Gasteiger partial charge in [-0.05, 0) is 13.8 Å². The van der Waals surface area contributed by atoms with Gasteiger partial charge < -0.3 is 10.6 Å². The molecule has 0 spiro atoms. The number of aryl methyl sites for hydroxylation is 2. The van der Waals surface area contributed by atoms with Gasteiger partial charge in [0.15, 0.2) is 5.96 Å². The molecule has 5 heteroatoms. The fourth-order valence-corrected chi connectivity index (χ4v) is 2.13. The lowest BCUT2D eigenvalue weighted by Gasteiger charge is -2.08. The van der Waals surface area contributed by atoms with Gasteiger partial charge in [0.05, 0.1) is 23.8 Å². The first-order chi connectivity index (χ1) is 7.67. The van der Waals surface area contributed by atoms with Crippen LogP contribution >= 0.6 is 11.3 Å². The number of nitrogens with one attached hydrogen (secondary N) is 2. The third-order valence-corrected chi connectivity index (χ3v) is 3.07. The standard InChI is InChI=1S/C11H16N4S/c1-5-6-13-11(12-4)14-7-10-8(2)15-9(3)16-10/h1H,6-7H2,2-4H3,(H2,12,13,14). The molecule has 16 heavy (non-hydrogen) atoms. The zero-order valence-corrected chi connectivity index (χ0v) is 10.6. The lowest BCUT2D eigenvalue weighted by molar-refractivity contribution is 0.855. The Kier molecular flexibility index (Phi) is 4.80. The Balaban J connectivity index is 2.50. The predicted molar refractivity (Wildman–Crippen MR) is 68.6 cm³/mol. The fourth-order valence-electron chi connectivity index (χ4n) is 1.26. The molecule has 0 atom stereocenters. The van der Waals surface area contributed by atoms with E-state index in [1.807, 2.05) is 13.8 Å². The van der Waals surface area contributed by atoms with Crippen LogP contribution in [0.5, 0.6) is 0 Å². The average molecular weight is 236 g/mol. The molecule has 0 fully saturated rings. The van der Waals surface area contributed by atoms with Gasteiger partial charge in [-0.2, -0.15) is 0 Å². The zero-order chi connectivity index (χ0) is 12.0. The number of thiazole rings is 1. The topological polar surface area (TPSA) is 49.3 Å². The first-order valence-corrected chi connectivity index (χ1v) is 5.80. The molecule has 0 aliphatic carbocycles. The maximum atomic E-state index is 5.16. The van der Waals surface area contributed by atoms with Gasteiger partial charge in [0.1, 0.15) is 0 Å². The molecule has 2 N–H and O–H groups in total. The van der Waals surface area contributed by atoms with Crippen molar-refractivity contribution < 1.29 is 0 Å². The molecule has 1 heterocycles. The van der Waals surface area contributed by atoms with Gasteiger partial charge in [-0.3, -0.25) is 4.99 Å². The lowest BCUT2D eigenvalue weighted by Crippen LogP contribution is -2.36. The van der Waals surface area contributed by atoms with Crippen LogP contribution in [0.15, 0.2) is 4.99 Å². The number of hydrogen-bond donors (Lipinski definition) is 2. The third kappa shape index (κ3) is 3.55. The van der Waals surface area contributed by atoms with Crippen molar-refractivity contribution in [1.29, 1.82) is 0 Å². The molecular weight excluding hydrogens is 220 g/mol. The molecule has 1 aromatic rings. The summed E-state index contributed by atoms with van der Waals surface area (Å²) in [6.45, 7) is 5.21. The van der Waals surface area contributed by atoms with Crippen molar-refractivity contribution in [3.63, 3.8) is 0 Å². The second kappa shape index (κ2) is 6.13. The van der Waals surface area contributed by atoms with Crippen molar-refractivity contribution in [2.24, 2.45) is 4.99 Å². The average Bonchev–Trinajstić information content (AvgIpc) is 2.58. The highest BCUT2D eigenvalue weighted by atomic mass is 32.1. The van der Waals surface area contributed by atoms with Gasteiger partial charge in [0.2, 0.25) is 0 Å². The van der Waals surface area contributed by atoms with Crippen LogP contribution in [0.3, 0.4) is 0 Å². The number of aromatic nitrogens is 1. The van der Waals surface area contributed by atoms with Gasteiger partial charge in [0.25, 0.3) is 0 Å². The van der Waals surface area contributed by atoms with E-state index in [2.05, 4.69) is 26.5 Å². The predicted octanol–water partition coefficient (Wildman–Crippen LogP) is 1.06. The smallest absolute Gasteiger partial charge is 0.192 e. The SMILES string of the molecule is C#CCNC(=NC)NCc1sc(C)nc1C. The summed E-state index contributed by atoms with van der Waals surface area (Å²) in [5, 5.41) is 7.28. The Labute approximate surface area is 100 Å². The van der Waals surface area contributed by atoms with Crippen molar-refractivity contribution in [2.45, 2.75) is 20.4 Å². The zero-order valence-electron chi connectivity index (χ0n) is 9.79. The maximum absolute atomic E-state index is 5.16. The molecule has 0 aliphatic rings. The lowest BCUT2D eigenvalue weighted by atomic mass is 10.4. The van der Waals surface area contributed by atoms with Gasteiger partial charge in [0, 0.05) is 11.9 Å². The minimum absolute atomic E-state index is 0.473. The quantitative estimate of drug-likeness (QED) is 0.469. The molecule has 0 aromatic carbocycles. The fraction of sp³-hybridized carbons (Fsp3) is 0.455. The van der Waals surface area contributed by atoms with Gasteiger partial charge in [-0.1, -0.05) is 5.92 Å². The first kappa shape index (κ1) is 12.5. The second-order valence-electron chi connectivity index (χ2n) is 3.22. The van der Waals surface area contributed by atoms with Crippen LogP contribution in [-0.2, 0) is 6.54 Å². The van der Waals surface area contributed by atoms with Crippen LogP contribution in [0.4, 0.5) is 0 Å². The Hall–Kier alpha value is -1.54. The molecule has 0 amide bonds. The molecule has 1 aromatic heterocycles. The van der Waals surface area contributed by atoms with Crippen LogP contribution in [0.1, 0.15) is 15.6 Å². The number of nitrogens with zero attached hydrogens (tertiary/aromatic N) is 2. The molecule has 0 unspecified atom stereocenters. The summed E-state index contributed by atoms with van der Waals surface area (Å²) >= 11 is 1.69. The summed E-state index contributed by atoms with van der Waals surface area (Å²) < 4.78 is 0.